The highest BCUT2D eigenvalue weighted by atomic mass is 16.6. The molecule has 0 saturated heterocycles. The molecule has 0 bridgehead atoms. The average Bonchev–Trinajstić information content (AvgIpc) is 2.49. The standard InChI is InChI=1S/C15H20N2O3/c16-10-5-1-2-6-11(10)17-15(18)14-9-19-12-7-3-4-8-13(12)20-14/h3-4,7-8,10-11,14H,1-2,5-6,9,16H2,(H,17,18)/t10-,11+,14-/m1/s1. The molecule has 3 rings (SSSR count). The summed E-state index contributed by atoms with van der Waals surface area (Å²) in [5.74, 6) is 1.17. The van der Waals surface area contributed by atoms with Gasteiger partial charge in [-0.2, -0.15) is 0 Å². The maximum atomic E-state index is 12.3. The number of rotatable bonds is 2. The maximum absolute atomic E-state index is 12.3. The minimum atomic E-state index is -0.598. The van der Waals surface area contributed by atoms with Gasteiger partial charge in [-0.15, -0.1) is 0 Å². The zero-order valence-electron chi connectivity index (χ0n) is 11.4. The summed E-state index contributed by atoms with van der Waals surface area (Å²) >= 11 is 0. The summed E-state index contributed by atoms with van der Waals surface area (Å²) in [6, 6.07) is 7.48. The molecule has 1 heterocycles. The van der Waals surface area contributed by atoms with Crippen molar-refractivity contribution in [1.29, 1.82) is 0 Å². The van der Waals surface area contributed by atoms with Crippen molar-refractivity contribution in [2.75, 3.05) is 6.61 Å². The number of nitrogens with one attached hydrogen (secondary N) is 1. The summed E-state index contributed by atoms with van der Waals surface area (Å²) in [4.78, 5) is 12.3. The van der Waals surface area contributed by atoms with Gasteiger partial charge in [0.15, 0.2) is 11.5 Å². The van der Waals surface area contributed by atoms with Gasteiger partial charge in [-0.3, -0.25) is 4.79 Å². The minimum absolute atomic E-state index is 0.0458. The van der Waals surface area contributed by atoms with Crippen molar-refractivity contribution >= 4 is 5.91 Å². The van der Waals surface area contributed by atoms with Crippen molar-refractivity contribution < 1.29 is 14.3 Å². The highest BCUT2D eigenvalue weighted by Gasteiger charge is 2.31. The number of benzene rings is 1. The van der Waals surface area contributed by atoms with Crippen LogP contribution in [0.25, 0.3) is 0 Å². The summed E-state index contributed by atoms with van der Waals surface area (Å²) in [6.45, 7) is 0.241. The van der Waals surface area contributed by atoms with Crippen molar-refractivity contribution in [3.05, 3.63) is 24.3 Å². The molecule has 0 unspecified atom stereocenters. The van der Waals surface area contributed by atoms with E-state index < -0.39 is 6.10 Å². The third kappa shape index (κ3) is 2.72. The molecule has 2 aliphatic rings. The van der Waals surface area contributed by atoms with Gasteiger partial charge in [0, 0.05) is 12.1 Å². The van der Waals surface area contributed by atoms with Crippen molar-refractivity contribution in [2.24, 2.45) is 5.73 Å². The number of fused-ring (bicyclic) bond motifs is 1. The minimum Gasteiger partial charge on any atom is -0.485 e. The molecule has 1 aromatic rings. The molecule has 3 N–H and O–H groups in total. The van der Waals surface area contributed by atoms with E-state index in [2.05, 4.69) is 5.32 Å². The molecule has 1 saturated carbocycles. The van der Waals surface area contributed by atoms with Crippen LogP contribution < -0.4 is 20.5 Å². The summed E-state index contributed by atoms with van der Waals surface area (Å²) in [5, 5.41) is 3.00. The van der Waals surface area contributed by atoms with Gasteiger partial charge in [-0.1, -0.05) is 25.0 Å². The highest BCUT2D eigenvalue weighted by Crippen LogP contribution is 2.31. The quantitative estimate of drug-likeness (QED) is 0.851. The number of hydrogen-bond acceptors (Lipinski definition) is 4. The first kappa shape index (κ1) is 13.2. The second-order valence-corrected chi connectivity index (χ2v) is 5.43. The molecule has 5 heteroatoms. The van der Waals surface area contributed by atoms with E-state index in [0.29, 0.717) is 11.5 Å². The van der Waals surface area contributed by atoms with Crippen LogP contribution in [0.5, 0.6) is 11.5 Å². The number of carbonyl (C=O) groups excluding carboxylic acids is 1. The number of para-hydroxylation sites is 2. The second kappa shape index (κ2) is 5.71. The van der Waals surface area contributed by atoms with E-state index in [-0.39, 0.29) is 24.6 Å². The third-order valence-electron chi connectivity index (χ3n) is 3.95. The molecule has 1 aromatic carbocycles. The second-order valence-electron chi connectivity index (χ2n) is 5.43. The zero-order chi connectivity index (χ0) is 13.9. The van der Waals surface area contributed by atoms with Gasteiger partial charge in [0.25, 0.3) is 5.91 Å². The molecule has 1 aliphatic heterocycles. The first-order valence-corrected chi connectivity index (χ1v) is 7.18. The highest BCUT2D eigenvalue weighted by molar-refractivity contribution is 5.82. The molecular formula is C15H20N2O3. The van der Waals surface area contributed by atoms with Gasteiger partial charge in [-0.05, 0) is 25.0 Å². The van der Waals surface area contributed by atoms with Gasteiger partial charge in [-0.25, -0.2) is 0 Å². The van der Waals surface area contributed by atoms with Gasteiger partial charge in [0.2, 0.25) is 6.10 Å². The van der Waals surface area contributed by atoms with Crippen molar-refractivity contribution in [1.82, 2.24) is 5.32 Å². The number of nitrogens with two attached hydrogens (primary N) is 1. The van der Waals surface area contributed by atoms with E-state index in [4.69, 9.17) is 15.2 Å². The lowest BCUT2D eigenvalue weighted by molar-refractivity contribution is -0.131. The molecule has 1 amide bonds. The van der Waals surface area contributed by atoms with Crippen LogP contribution >= 0.6 is 0 Å². The first-order chi connectivity index (χ1) is 9.74. The molecule has 5 nitrogen and oxygen atoms in total. The van der Waals surface area contributed by atoms with Crippen LogP contribution in [-0.2, 0) is 4.79 Å². The zero-order valence-corrected chi connectivity index (χ0v) is 11.4. The Morgan fingerprint density at radius 2 is 1.95 bits per heavy atom. The lowest BCUT2D eigenvalue weighted by atomic mass is 9.91. The normalized spacial score (nSPS) is 28.8. The molecular weight excluding hydrogens is 256 g/mol. The summed E-state index contributed by atoms with van der Waals surface area (Å²) in [6.07, 6.45) is 3.57. The SMILES string of the molecule is N[C@@H]1CCCC[C@@H]1NC(=O)[C@H]1COc2ccccc2O1. The van der Waals surface area contributed by atoms with Crippen LogP contribution in [-0.4, -0.2) is 30.7 Å². The van der Waals surface area contributed by atoms with Gasteiger partial charge in [0.1, 0.15) is 6.61 Å². The lowest BCUT2D eigenvalue weighted by Gasteiger charge is -2.32. The van der Waals surface area contributed by atoms with E-state index in [1.165, 1.54) is 0 Å². The van der Waals surface area contributed by atoms with Gasteiger partial charge in [0.05, 0.1) is 0 Å². The van der Waals surface area contributed by atoms with Crippen LogP contribution in [0.3, 0.4) is 0 Å². The fourth-order valence-electron chi connectivity index (χ4n) is 2.76. The van der Waals surface area contributed by atoms with Gasteiger partial charge >= 0.3 is 0 Å². The Balaban J connectivity index is 1.61. The Hall–Kier alpha value is -1.75. The molecule has 0 aromatic heterocycles. The van der Waals surface area contributed by atoms with Crippen LogP contribution in [0.2, 0.25) is 0 Å². The maximum Gasteiger partial charge on any atom is 0.264 e. The first-order valence-electron chi connectivity index (χ1n) is 7.18. The van der Waals surface area contributed by atoms with Crippen LogP contribution in [0.1, 0.15) is 25.7 Å². The third-order valence-corrected chi connectivity index (χ3v) is 3.95. The smallest absolute Gasteiger partial charge is 0.264 e. The summed E-state index contributed by atoms with van der Waals surface area (Å²) in [5.41, 5.74) is 6.05. The number of amides is 1. The monoisotopic (exact) mass is 276 g/mol. The fraction of sp³-hybridized carbons (Fsp3) is 0.533. The molecule has 1 aliphatic carbocycles. The molecule has 20 heavy (non-hydrogen) atoms. The Morgan fingerprint density at radius 1 is 1.20 bits per heavy atom. The Labute approximate surface area is 118 Å². The van der Waals surface area contributed by atoms with E-state index >= 15 is 0 Å². The molecule has 3 atom stereocenters. The number of ether oxygens (including phenoxy) is 2. The largest absolute Gasteiger partial charge is 0.485 e. The van der Waals surface area contributed by atoms with Crippen LogP contribution in [0.15, 0.2) is 24.3 Å². The topological polar surface area (TPSA) is 73.6 Å². The average molecular weight is 276 g/mol. The van der Waals surface area contributed by atoms with Crippen molar-refractivity contribution in [2.45, 2.75) is 43.9 Å². The number of carbonyl (C=O) groups is 1. The Kier molecular flexibility index (Phi) is 3.78. The Bertz CT molecular complexity index is 492. The van der Waals surface area contributed by atoms with E-state index in [1.54, 1.807) is 6.07 Å². The predicted octanol–water partition coefficient (Wildman–Crippen LogP) is 1.21. The lowest BCUT2D eigenvalue weighted by Crippen LogP contribution is -2.54. The van der Waals surface area contributed by atoms with Crippen LogP contribution in [0, 0.1) is 0 Å². The Morgan fingerprint density at radius 3 is 2.75 bits per heavy atom. The van der Waals surface area contributed by atoms with E-state index in [1.807, 2.05) is 18.2 Å². The molecule has 1 fully saturated rings. The molecule has 0 radical (unpaired) electrons. The van der Waals surface area contributed by atoms with E-state index in [9.17, 15) is 4.79 Å². The predicted molar refractivity (Wildman–Crippen MR) is 74.7 cm³/mol. The van der Waals surface area contributed by atoms with E-state index in [0.717, 1.165) is 25.7 Å². The molecule has 0 spiro atoms. The fourth-order valence-corrected chi connectivity index (χ4v) is 2.76. The van der Waals surface area contributed by atoms with Crippen LogP contribution in [0.4, 0.5) is 0 Å². The molecule has 108 valence electrons. The van der Waals surface area contributed by atoms with Crippen molar-refractivity contribution in [3.63, 3.8) is 0 Å². The number of hydrogen-bond donors (Lipinski definition) is 2. The summed E-state index contributed by atoms with van der Waals surface area (Å²) in [7, 11) is 0. The van der Waals surface area contributed by atoms with Gasteiger partial charge < -0.3 is 20.5 Å². The summed E-state index contributed by atoms with van der Waals surface area (Å²) < 4.78 is 11.2. The van der Waals surface area contributed by atoms with Crippen molar-refractivity contribution in [3.8, 4) is 11.5 Å².